The Hall–Kier alpha value is 5.42. The van der Waals surface area contributed by atoms with E-state index in [0.717, 1.165) is 5.56 Å². The van der Waals surface area contributed by atoms with Crippen molar-refractivity contribution in [3.8, 4) is 0 Å². The van der Waals surface area contributed by atoms with E-state index in [4.69, 9.17) is 0 Å². The third-order valence-electron chi connectivity index (χ3n) is 4.12. The molecule has 0 atom stereocenters. The van der Waals surface area contributed by atoms with Crippen LogP contribution in [0, 0.1) is 6.92 Å². The van der Waals surface area contributed by atoms with Crippen LogP contribution < -0.4 is 206 Å². The van der Waals surface area contributed by atoms with Gasteiger partial charge in [-0.25, -0.2) is 25.3 Å². The maximum absolute atomic E-state index is 10.9. The standard InChI is InChI=1S/C16H27N2O9S3.4K/c1-2-17(7-10-28(19,20)21)13-15-3-5-16(6-4-15)14-18(8-11-29(22,23)24)9-12-30(25,26)27;;;;/h3-6H,1-2,7-14H2,(H,19,20,21)(H,22,23,24)(H,25,26,27);;;;/q-1;4*+1/p-3. The van der Waals surface area contributed by atoms with E-state index in [0.29, 0.717) is 18.7 Å². The van der Waals surface area contributed by atoms with Gasteiger partial charge in [0.1, 0.15) is 0 Å². The zero-order valence-electron chi connectivity index (χ0n) is 20.2. The molecule has 0 spiro atoms. The molecule has 11 nitrogen and oxygen atoms in total. The summed E-state index contributed by atoms with van der Waals surface area (Å²) in [6.45, 7) is 4.06. The number of hydrogen-bond donors (Lipinski definition) is 0. The summed E-state index contributed by atoms with van der Waals surface area (Å²) in [6, 6.07) is 6.86. The molecule has 174 valence electrons. The zero-order valence-corrected chi connectivity index (χ0v) is 35.1. The Balaban J connectivity index is -0.00000112. The summed E-state index contributed by atoms with van der Waals surface area (Å²) in [7, 11) is -13.3. The van der Waals surface area contributed by atoms with E-state index in [1.807, 2.05) is 0 Å². The Labute approximate surface area is 373 Å². The van der Waals surface area contributed by atoms with Gasteiger partial charge in [0.25, 0.3) is 0 Å². The normalized spacial score (nSPS) is 11.7. The van der Waals surface area contributed by atoms with Crippen LogP contribution >= 0.6 is 0 Å². The van der Waals surface area contributed by atoms with Gasteiger partial charge in [0.2, 0.25) is 0 Å². The average Bonchev–Trinajstić information content (AvgIpc) is 2.60. The van der Waals surface area contributed by atoms with Crippen LogP contribution in [0.25, 0.3) is 0 Å². The molecule has 0 aliphatic rings. The predicted octanol–water partition coefficient (Wildman–Crippen LogP) is -13.2. The minimum atomic E-state index is -4.50. The first-order valence-corrected chi connectivity index (χ1v) is 13.5. The fraction of sp³-hybridized carbons (Fsp3) is 0.562. The van der Waals surface area contributed by atoms with Crippen molar-refractivity contribution in [3.05, 3.63) is 42.3 Å². The molecule has 0 heterocycles. The van der Waals surface area contributed by atoms with E-state index in [-0.39, 0.29) is 232 Å². The second-order valence-electron chi connectivity index (χ2n) is 6.65. The van der Waals surface area contributed by atoms with Crippen molar-refractivity contribution in [2.45, 2.75) is 13.1 Å². The van der Waals surface area contributed by atoms with Gasteiger partial charge in [-0.2, -0.15) is 0 Å². The Morgan fingerprint density at radius 2 is 0.853 bits per heavy atom. The van der Waals surface area contributed by atoms with Gasteiger partial charge in [-0.05, 0) is 11.1 Å². The van der Waals surface area contributed by atoms with Crippen molar-refractivity contribution in [1.82, 2.24) is 9.80 Å². The number of rotatable bonds is 14. The zero-order chi connectivity index (χ0) is 23.0. The third-order valence-corrected chi connectivity index (χ3v) is 6.17. The molecule has 0 saturated carbocycles. The first kappa shape index (κ1) is 46.4. The van der Waals surface area contributed by atoms with Gasteiger partial charge in [0.15, 0.2) is 0 Å². The molecule has 1 aromatic rings. The third kappa shape index (κ3) is 26.3. The molecule has 0 saturated heterocycles. The van der Waals surface area contributed by atoms with Crippen molar-refractivity contribution < 1.29 is 244 Å². The SMILES string of the molecule is [CH2-]CN(CCS(=O)(=O)[O-])Cc1ccc(CN(CCS(=O)(=O)[O-])CCS(=O)(=O)[O-])cc1.[K+].[K+].[K+].[K+]. The van der Waals surface area contributed by atoms with Crippen LogP contribution in [-0.4, -0.2) is 92.1 Å². The van der Waals surface area contributed by atoms with Gasteiger partial charge >= 0.3 is 206 Å². The predicted molar refractivity (Wildman–Crippen MR) is 106 cm³/mol. The van der Waals surface area contributed by atoms with Crippen LogP contribution in [0.1, 0.15) is 11.1 Å². The molecular weight excluding hydrogens is 617 g/mol. The molecule has 18 heteroatoms. The second kappa shape index (κ2) is 22.9. The van der Waals surface area contributed by atoms with Crippen molar-refractivity contribution in [3.63, 3.8) is 0 Å². The van der Waals surface area contributed by atoms with Gasteiger partial charge in [-0.1, -0.05) is 24.3 Å². The molecule has 34 heavy (non-hydrogen) atoms. The molecule has 0 N–H and O–H groups in total. The topological polar surface area (TPSA) is 178 Å². The second-order valence-corrected chi connectivity index (χ2v) is 11.2. The monoisotopic (exact) mass is 640 g/mol. The molecule has 0 bridgehead atoms. The summed E-state index contributed by atoms with van der Waals surface area (Å²) in [6.07, 6.45) is 0. The minimum absolute atomic E-state index is 0. The summed E-state index contributed by atoms with van der Waals surface area (Å²) in [5, 5.41) is 0. The summed E-state index contributed by atoms with van der Waals surface area (Å²) in [5.41, 5.74) is 1.50. The van der Waals surface area contributed by atoms with Crippen molar-refractivity contribution in [2.75, 3.05) is 43.4 Å². The van der Waals surface area contributed by atoms with Crippen LogP contribution in [0.2, 0.25) is 0 Å². The van der Waals surface area contributed by atoms with E-state index in [1.54, 1.807) is 29.2 Å². The quantitative estimate of drug-likeness (QED) is 0.107. The van der Waals surface area contributed by atoms with Gasteiger partial charge < -0.3 is 25.5 Å². The first-order valence-electron chi connectivity index (χ1n) is 8.79. The molecule has 1 aromatic carbocycles. The fourth-order valence-corrected chi connectivity index (χ4v) is 3.97. The van der Waals surface area contributed by atoms with E-state index < -0.39 is 47.6 Å². The molecule has 0 unspecified atom stereocenters. The Kier molecular flexibility index (Phi) is 31.3. The van der Waals surface area contributed by atoms with Crippen molar-refractivity contribution in [1.29, 1.82) is 0 Å². The van der Waals surface area contributed by atoms with Gasteiger partial charge in [0.05, 0.1) is 47.6 Å². The summed E-state index contributed by atoms with van der Waals surface area (Å²) >= 11 is 0. The van der Waals surface area contributed by atoms with E-state index >= 15 is 0 Å². The largest absolute Gasteiger partial charge is 1.00 e. The van der Waals surface area contributed by atoms with E-state index in [9.17, 15) is 38.9 Å². The van der Waals surface area contributed by atoms with E-state index in [2.05, 4.69) is 6.92 Å². The summed E-state index contributed by atoms with van der Waals surface area (Å²) < 4.78 is 97.4. The first-order chi connectivity index (χ1) is 13.7. The molecule has 0 aliphatic carbocycles. The van der Waals surface area contributed by atoms with Crippen LogP contribution in [0.15, 0.2) is 24.3 Å². The number of nitrogens with zero attached hydrogens (tertiary/aromatic N) is 2. The maximum Gasteiger partial charge on any atom is 1.00 e. The van der Waals surface area contributed by atoms with Crippen LogP contribution in [0.4, 0.5) is 0 Å². The fourth-order valence-electron chi connectivity index (χ4n) is 2.53. The molecule has 1 rings (SSSR count). The minimum Gasteiger partial charge on any atom is -0.748 e. The molecule has 0 amide bonds. The van der Waals surface area contributed by atoms with E-state index in [1.165, 1.54) is 4.90 Å². The van der Waals surface area contributed by atoms with Crippen LogP contribution in [0.3, 0.4) is 0 Å². The molecular formula is C16H24K4N2O9S3. The molecule has 0 aliphatic heterocycles. The van der Waals surface area contributed by atoms with Gasteiger partial charge in [-0.3, -0.25) is 4.90 Å². The average molecular weight is 641 g/mol. The Morgan fingerprint density at radius 1 is 0.588 bits per heavy atom. The van der Waals surface area contributed by atoms with Crippen molar-refractivity contribution >= 4 is 30.4 Å². The number of hydrogen-bond acceptors (Lipinski definition) is 11. The molecule has 0 aromatic heterocycles. The van der Waals surface area contributed by atoms with Gasteiger partial charge in [-0.15, -0.1) is 6.54 Å². The number of benzene rings is 1. The Morgan fingerprint density at radius 3 is 1.12 bits per heavy atom. The van der Waals surface area contributed by atoms with Crippen molar-refractivity contribution in [2.24, 2.45) is 0 Å². The smallest absolute Gasteiger partial charge is 0.748 e. The molecule has 0 fully saturated rings. The summed E-state index contributed by atoms with van der Waals surface area (Å²) in [4.78, 5) is 3.07. The summed E-state index contributed by atoms with van der Waals surface area (Å²) in [5.74, 6) is -1.96. The molecule has 0 radical (unpaired) electrons. The Bertz CT molecular complexity index is 957. The van der Waals surface area contributed by atoms with Gasteiger partial charge in [0, 0.05) is 32.7 Å². The van der Waals surface area contributed by atoms with Crippen LogP contribution in [0.5, 0.6) is 0 Å². The maximum atomic E-state index is 10.9. The van der Waals surface area contributed by atoms with Crippen LogP contribution in [-0.2, 0) is 43.4 Å².